The Morgan fingerprint density at radius 1 is 1.13 bits per heavy atom. The fourth-order valence-electron chi connectivity index (χ4n) is 3.34. The summed E-state index contributed by atoms with van der Waals surface area (Å²) in [5.74, 6) is 2.55. The minimum atomic E-state index is -0.246. The molecule has 2 aromatic rings. The molecule has 0 radical (unpaired) electrons. The quantitative estimate of drug-likeness (QED) is 0.933. The SMILES string of the molecule is Fc1ccc(COc2cncc(N3C[C@H]4CNC[C@H]4C3)n2)cc1. The van der Waals surface area contributed by atoms with Gasteiger partial charge in [-0.1, -0.05) is 12.1 Å². The van der Waals surface area contributed by atoms with Gasteiger partial charge in [0, 0.05) is 26.2 Å². The topological polar surface area (TPSA) is 50.3 Å². The third-order valence-corrected chi connectivity index (χ3v) is 4.61. The van der Waals surface area contributed by atoms with Crippen LogP contribution in [0.2, 0.25) is 0 Å². The van der Waals surface area contributed by atoms with E-state index in [9.17, 15) is 4.39 Å². The Balaban J connectivity index is 1.41. The molecule has 0 amide bonds. The van der Waals surface area contributed by atoms with Crippen LogP contribution in [0.15, 0.2) is 36.7 Å². The van der Waals surface area contributed by atoms with Gasteiger partial charge in [0.05, 0.1) is 12.4 Å². The molecule has 5 nitrogen and oxygen atoms in total. The molecule has 1 aromatic carbocycles. The molecule has 4 rings (SSSR count). The number of hydrogen-bond donors (Lipinski definition) is 1. The Hall–Kier alpha value is -2.21. The molecule has 23 heavy (non-hydrogen) atoms. The summed E-state index contributed by atoms with van der Waals surface area (Å²) in [5, 5.41) is 3.44. The number of ether oxygens (including phenoxy) is 1. The van der Waals surface area contributed by atoms with Gasteiger partial charge in [-0.3, -0.25) is 4.98 Å². The standard InChI is InChI=1S/C17H19FN4O/c18-15-3-1-12(2-4-15)11-23-17-8-20-7-16(21-17)22-9-13-5-19-6-14(13)10-22/h1-4,7-8,13-14,19H,5-6,9-11H2/t13-,14+. The van der Waals surface area contributed by atoms with Crippen molar-refractivity contribution in [2.75, 3.05) is 31.1 Å². The zero-order chi connectivity index (χ0) is 15.6. The lowest BCUT2D eigenvalue weighted by molar-refractivity contribution is 0.292. The molecule has 2 saturated heterocycles. The number of nitrogens with zero attached hydrogens (tertiary/aromatic N) is 3. The van der Waals surface area contributed by atoms with Gasteiger partial charge in [0.1, 0.15) is 12.4 Å². The summed E-state index contributed by atoms with van der Waals surface area (Å²) < 4.78 is 18.6. The molecular formula is C17H19FN4O. The fourth-order valence-corrected chi connectivity index (χ4v) is 3.34. The van der Waals surface area contributed by atoms with Gasteiger partial charge in [-0.05, 0) is 29.5 Å². The molecule has 0 bridgehead atoms. The fraction of sp³-hybridized carbons (Fsp3) is 0.412. The molecule has 2 atom stereocenters. The first kappa shape index (κ1) is 14.4. The van der Waals surface area contributed by atoms with E-state index in [1.165, 1.54) is 12.1 Å². The van der Waals surface area contributed by atoms with Crippen molar-refractivity contribution in [2.45, 2.75) is 6.61 Å². The molecule has 6 heteroatoms. The van der Waals surface area contributed by atoms with E-state index in [4.69, 9.17) is 4.74 Å². The molecule has 0 saturated carbocycles. The van der Waals surface area contributed by atoms with Gasteiger partial charge in [0.2, 0.25) is 5.88 Å². The van der Waals surface area contributed by atoms with Crippen LogP contribution in [0.25, 0.3) is 0 Å². The lowest BCUT2D eigenvalue weighted by Crippen LogP contribution is -2.26. The van der Waals surface area contributed by atoms with Crippen LogP contribution in [-0.4, -0.2) is 36.1 Å². The average molecular weight is 314 g/mol. The first-order chi connectivity index (χ1) is 11.3. The molecule has 120 valence electrons. The normalized spacial score (nSPS) is 23.1. The highest BCUT2D eigenvalue weighted by molar-refractivity contribution is 5.39. The average Bonchev–Trinajstić information content (AvgIpc) is 3.16. The number of rotatable bonds is 4. The van der Waals surface area contributed by atoms with E-state index in [-0.39, 0.29) is 5.82 Å². The first-order valence-corrected chi connectivity index (χ1v) is 7.93. The number of hydrogen-bond acceptors (Lipinski definition) is 5. The third-order valence-electron chi connectivity index (χ3n) is 4.61. The van der Waals surface area contributed by atoms with E-state index in [0.717, 1.165) is 37.6 Å². The maximum Gasteiger partial charge on any atom is 0.234 e. The Morgan fingerprint density at radius 3 is 2.61 bits per heavy atom. The van der Waals surface area contributed by atoms with E-state index in [2.05, 4.69) is 20.2 Å². The molecule has 1 N–H and O–H groups in total. The largest absolute Gasteiger partial charge is 0.472 e. The van der Waals surface area contributed by atoms with Crippen LogP contribution in [0.1, 0.15) is 5.56 Å². The molecular weight excluding hydrogens is 295 g/mol. The number of nitrogens with one attached hydrogen (secondary N) is 1. The molecule has 2 aliphatic rings. The lowest BCUT2D eigenvalue weighted by atomic mass is 10.0. The summed E-state index contributed by atoms with van der Waals surface area (Å²) in [6.45, 7) is 4.58. The van der Waals surface area contributed by atoms with Crippen LogP contribution in [0.5, 0.6) is 5.88 Å². The molecule has 2 fully saturated rings. The highest BCUT2D eigenvalue weighted by Crippen LogP contribution is 2.29. The zero-order valence-corrected chi connectivity index (χ0v) is 12.8. The number of halogens is 1. The maximum atomic E-state index is 12.9. The number of benzene rings is 1. The second-order valence-electron chi connectivity index (χ2n) is 6.21. The molecule has 0 spiro atoms. The minimum Gasteiger partial charge on any atom is -0.472 e. The van der Waals surface area contributed by atoms with Gasteiger partial charge < -0.3 is 15.0 Å². The lowest BCUT2D eigenvalue weighted by Gasteiger charge is -2.18. The summed E-state index contributed by atoms with van der Waals surface area (Å²) in [7, 11) is 0. The van der Waals surface area contributed by atoms with Gasteiger partial charge >= 0.3 is 0 Å². The molecule has 2 aliphatic heterocycles. The van der Waals surface area contributed by atoms with Gasteiger partial charge in [-0.25, -0.2) is 4.39 Å². The second kappa shape index (κ2) is 6.12. The zero-order valence-electron chi connectivity index (χ0n) is 12.8. The first-order valence-electron chi connectivity index (χ1n) is 7.93. The van der Waals surface area contributed by atoms with E-state index in [1.54, 1.807) is 24.5 Å². The van der Waals surface area contributed by atoms with Crippen molar-refractivity contribution in [3.8, 4) is 5.88 Å². The Labute approximate surface area is 134 Å². The summed E-state index contributed by atoms with van der Waals surface area (Å²) in [5.41, 5.74) is 0.903. The summed E-state index contributed by atoms with van der Waals surface area (Å²) >= 11 is 0. The van der Waals surface area contributed by atoms with Crippen molar-refractivity contribution in [1.29, 1.82) is 0 Å². The highest BCUT2D eigenvalue weighted by Gasteiger charge is 2.36. The number of fused-ring (bicyclic) bond motifs is 1. The van der Waals surface area contributed by atoms with Crippen molar-refractivity contribution in [3.05, 3.63) is 48.0 Å². The van der Waals surface area contributed by atoms with Crippen LogP contribution >= 0.6 is 0 Å². The second-order valence-corrected chi connectivity index (χ2v) is 6.21. The van der Waals surface area contributed by atoms with Crippen LogP contribution in [0, 0.1) is 17.7 Å². The Bertz CT molecular complexity index is 667. The van der Waals surface area contributed by atoms with Gasteiger partial charge in [-0.15, -0.1) is 0 Å². The van der Waals surface area contributed by atoms with Crippen molar-refractivity contribution in [3.63, 3.8) is 0 Å². The van der Waals surface area contributed by atoms with E-state index in [0.29, 0.717) is 24.3 Å². The van der Waals surface area contributed by atoms with E-state index >= 15 is 0 Å². The van der Waals surface area contributed by atoms with E-state index < -0.39 is 0 Å². The van der Waals surface area contributed by atoms with Gasteiger partial charge in [0.25, 0.3) is 0 Å². The summed E-state index contributed by atoms with van der Waals surface area (Å²) in [4.78, 5) is 11.1. The predicted octanol–water partition coefficient (Wildman–Crippen LogP) is 1.85. The molecule has 0 aliphatic carbocycles. The Kier molecular flexibility index (Phi) is 3.83. The summed E-state index contributed by atoms with van der Waals surface area (Å²) in [6, 6.07) is 6.28. The number of aromatic nitrogens is 2. The smallest absolute Gasteiger partial charge is 0.234 e. The Morgan fingerprint density at radius 2 is 1.87 bits per heavy atom. The minimum absolute atomic E-state index is 0.246. The van der Waals surface area contributed by atoms with Crippen LogP contribution in [0.4, 0.5) is 10.2 Å². The van der Waals surface area contributed by atoms with Crippen LogP contribution < -0.4 is 15.0 Å². The van der Waals surface area contributed by atoms with Crippen molar-refractivity contribution in [2.24, 2.45) is 11.8 Å². The van der Waals surface area contributed by atoms with Gasteiger partial charge in [0.15, 0.2) is 5.82 Å². The van der Waals surface area contributed by atoms with Crippen LogP contribution in [0.3, 0.4) is 0 Å². The molecule has 3 heterocycles. The van der Waals surface area contributed by atoms with Crippen molar-refractivity contribution in [1.82, 2.24) is 15.3 Å². The maximum absolute atomic E-state index is 12.9. The predicted molar refractivity (Wildman–Crippen MR) is 84.8 cm³/mol. The monoisotopic (exact) mass is 314 g/mol. The van der Waals surface area contributed by atoms with Crippen LogP contribution in [-0.2, 0) is 6.61 Å². The molecule has 1 aromatic heterocycles. The van der Waals surface area contributed by atoms with Crippen molar-refractivity contribution >= 4 is 5.82 Å². The highest BCUT2D eigenvalue weighted by atomic mass is 19.1. The van der Waals surface area contributed by atoms with Gasteiger partial charge in [-0.2, -0.15) is 4.98 Å². The van der Waals surface area contributed by atoms with E-state index in [1.807, 2.05) is 0 Å². The molecule has 0 unspecified atom stereocenters. The number of anilines is 1. The third kappa shape index (κ3) is 3.12. The van der Waals surface area contributed by atoms with Crippen molar-refractivity contribution < 1.29 is 9.13 Å². The summed E-state index contributed by atoms with van der Waals surface area (Å²) in [6.07, 6.45) is 3.41.